The summed E-state index contributed by atoms with van der Waals surface area (Å²) < 4.78 is 0. The van der Waals surface area contributed by atoms with Gasteiger partial charge in [0.1, 0.15) is 0 Å². The fourth-order valence-corrected chi connectivity index (χ4v) is 2.38. The summed E-state index contributed by atoms with van der Waals surface area (Å²) in [5, 5.41) is 0. The Hall–Kier alpha value is -2.60. The maximum atomic E-state index is 4.21. The van der Waals surface area contributed by atoms with Crippen molar-refractivity contribution in [2.45, 2.75) is 48.5 Å². The van der Waals surface area contributed by atoms with Gasteiger partial charge in [-0.1, -0.05) is 102 Å². The highest BCUT2D eigenvalue weighted by Crippen LogP contribution is 2.26. The lowest BCUT2D eigenvalue weighted by Crippen LogP contribution is -1.86. The molecule has 27 heavy (non-hydrogen) atoms. The monoisotopic (exact) mass is 360 g/mol. The highest BCUT2D eigenvalue weighted by molar-refractivity contribution is 5.77. The van der Waals surface area contributed by atoms with Crippen molar-refractivity contribution in [2.24, 2.45) is 0 Å². The molecule has 0 fully saturated rings. The molecule has 0 radical (unpaired) electrons. The fraction of sp³-hybridized carbons (Fsp3) is 0.259. The zero-order chi connectivity index (χ0) is 20.8. The Bertz CT molecular complexity index is 771. The molecule has 0 amide bonds. The predicted molar refractivity (Wildman–Crippen MR) is 126 cm³/mol. The second-order valence-corrected chi connectivity index (χ2v) is 5.81. The molecule has 2 rings (SSSR count). The Labute approximate surface area is 167 Å². The molecule has 2 aromatic rings. The first-order valence-electron chi connectivity index (χ1n) is 9.88. The van der Waals surface area contributed by atoms with Crippen LogP contribution >= 0.6 is 0 Å². The van der Waals surface area contributed by atoms with E-state index in [9.17, 15) is 0 Å². The third-order valence-corrected chi connectivity index (χ3v) is 3.98. The lowest BCUT2D eigenvalue weighted by atomic mass is 9.96. The molecule has 0 aliphatic heterocycles. The molecule has 0 heteroatoms. The van der Waals surface area contributed by atoms with Crippen LogP contribution in [0.3, 0.4) is 0 Å². The van der Waals surface area contributed by atoms with E-state index in [0.29, 0.717) is 0 Å². The minimum atomic E-state index is 0.996. The van der Waals surface area contributed by atoms with Gasteiger partial charge in [-0.15, -0.1) is 0 Å². The number of hydrogen-bond donors (Lipinski definition) is 0. The smallest absolute Gasteiger partial charge is 0.0175 e. The van der Waals surface area contributed by atoms with E-state index >= 15 is 0 Å². The van der Waals surface area contributed by atoms with E-state index < -0.39 is 0 Å². The van der Waals surface area contributed by atoms with Crippen LogP contribution in [0.1, 0.15) is 52.7 Å². The maximum Gasteiger partial charge on any atom is -0.0175 e. The molecule has 0 bridgehead atoms. The number of benzene rings is 2. The summed E-state index contributed by atoms with van der Waals surface area (Å²) in [6.45, 7) is 22.5. The highest BCUT2D eigenvalue weighted by Gasteiger charge is 2.03. The van der Waals surface area contributed by atoms with Gasteiger partial charge in [0.25, 0.3) is 0 Å². The normalized spacial score (nSPS) is 10.4. The fourth-order valence-electron chi connectivity index (χ4n) is 2.38. The molecule has 0 N–H and O–H groups in total. The van der Waals surface area contributed by atoms with Gasteiger partial charge in [-0.2, -0.15) is 0 Å². The van der Waals surface area contributed by atoms with Gasteiger partial charge < -0.3 is 0 Å². The van der Waals surface area contributed by atoms with Gasteiger partial charge >= 0.3 is 0 Å². The Morgan fingerprint density at radius 2 is 1.41 bits per heavy atom. The molecule has 0 aliphatic carbocycles. The highest BCUT2D eigenvalue weighted by atomic mass is 14.1. The first-order chi connectivity index (χ1) is 13.0. The van der Waals surface area contributed by atoms with Crippen LogP contribution in [-0.2, 0) is 0 Å². The number of aryl methyl sites for hydroxylation is 1. The van der Waals surface area contributed by atoms with Crippen molar-refractivity contribution in [2.75, 3.05) is 0 Å². The molecule has 0 spiro atoms. The van der Waals surface area contributed by atoms with Gasteiger partial charge in [-0.05, 0) is 65.8 Å². The van der Waals surface area contributed by atoms with E-state index in [0.717, 1.165) is 16.7 Å². The topological polar surface area (TPSA) is 0 Å². The summed E-state index contributed by atoms with van der Waals surface area (Å²) in [7, 11) is 0. The second-order valence-electron chi connectivity index (χ2n) is 5.81. The second kappa shape index (κ2) is 13.6. The molecule has 0 atom stereocenters. The van der Waals surface area contributed by atoms with Crippen LogP contribution in [0.2, 0.25) is 0 Å². The van der Waals surface area contributed by atoms with E-state index in [2.05, 4.69) is 75.5 Å². The van der Waals surface area contributed by atoms with Gasteiger partial charge in [-0.3, -0.25) is 0 Å². The Morgan fingerprint density at radius 3 is 1.96 bits per heavy atom. The summed E-state index contributed by atoms with van der Waals surface area (Å²) in [5.41, 5.74) is 8.02. The van der Waals surface area contributed by atoms with E-state index in [1.807, 2.05) is 52.8 Å². The van der Waals surface area contributed by atoms with Crippen LogP contribution in [0.25, 0.3) is 16.7 Å². The van der Waals surface area contributed by atoms with Crippen molar-refractivity contribution in [3.63, 3.8) is 0 Å². The van der Waals surface area contributed by atoms with Crippen LogP contribution in [0.15, 0.2) is 91.1 Å². The van der Waals surface area contributed by atoms with E-state index in [1.54, 1.807) is 0 Å². The van der Waals surface area contributed by atoms with Gasteiger partial charge in [0.05, 0.1) is 0 Å². The Balaban J connectivity index is 0.00000158. The standard InChI is InChI=1S/C23H24.2C2H6/c1-6-18(3)19(4)12-13-20(5)22-14-17(2)15-23(16-22)21-10-8-7-9-11-21;2*1-2/h6-16H,4-5H2,1-3H3;2*1-2H3/b13-12-,18-6+;;. The van der Waals surface area contributed by atoms with Crippen LogP contribution in [-0.4, -0.2) is 0 Å². The van der Waals surface area contributed by atoms with Gasteiger partial charge in [0.2, 0.25) is 0 Å². The number of hydrogen-bond acceptors (Lipinski definition) is 0. The zero-order valence-corrected chi connectivity index (χ0v) is 18.3. The first kappa shape index (κ1) is 24.4. The Kier molecular flexibility index (Phi) is 12.3. The Morgan fingerprint density at radius 1 is 0.815 bits per heavy atom. The quantitative estimate of drug-likeness (QED) is 0.467. The van der Waals surface area contributed by atoms with Crippen LogP contribution < -0.4 is 0 Å². The number of rotatable bonds is 5. The van der Waals surface area contributed by atoms with E-state index in [-0.39, 0.29) is 0 Å². The van der Waals surface area contributed by atoms with Crippen molar-refractivity contribution >= 4 is 5.57 Å². The van der Waals surface area contributed by atoms with Gasteiger partial charge in [-0.25, -0.2) is 0 Å². The number of allylic oxidation sites excluding steroid dienone is 6. The third-order valence-electron chi connectivity index (χ3n) is 3.98. The molecular formula is C27H36. The molecule has 0 aliphatic rings. The lowest BCUT2D eigenvalue weighted by molar-refractivity contribution is 1.41. The molecule has 144 valence electrons. The van der Waals surface area contributed by atoms with Crippen LogP contribution in [0, 0.1) is 6.92 Å². The molecule has 0 heterocycles. The molecule has 0 nitrogen and oxygen atoms in total. The summed E-state index contributed by atoms with van der Waals surface area (Å²) >= 11 is 0. The van der Waals surface area contributed by atoms with E-state index in [4.69, 9.17) is 0 Å². The SMILES string of the molecule is C=C(/C=C\C(=C)c1cc(C)cc(-c2ccccc2)c1)/C(C)=C/C.CC.CC. The van der Waals surface area contributed by atoms with E-state index in [1.165, 1.54) is 22.3 Å². The van der Waals surface area contributed by atoms with Crippen molar-refractivity contribution in [1.29, 1.82) is 0 Å². The summed E-state index contributed by atoms with van der Waals surface area (Å²) in [6, 6.07) is 17.0. The average molecular weight is 361 g/mol. The largest absolute Gasteiger partial charge is 0.0915 e. The minimum Gasteiger partial charge on any atom is -0.0915 e. The predicted octanol–water partition coefficient (Wildman–Crippen LogP) is 8.81. The molecule has 0 saturated heterocycles. The third kappa shape index (κ3) is 8.09. The summed E-state index contributed by atoms with van der Waals surface area (Å²) in [4.78, 5) is 0. The summed E-state index contributed by atoms with van der Waals surface area (Å²) in [6.07, 6.45) is 6.14. The van der Waals surface area contributed by atoms with Crippen molar-refractivity contribution in [3.8, 4) is 11.1 Å². The van der Waals surface area contributed by atoms with Crippen LogP contribution in [0.5, 0.6) is 0 Å². The van der Waals surface area contributed by atoms with Gasteiger partial charge in [0.15, 0.2) is 0 Å². The molecular weight excluding hydrogens is 324 g/mol. The van der Waals surface area contributed by atoms with Crippen molar-refractivity contribution in [1.82, 2.24) is 0 Å². The average Bonchev–Trinajstić information content (AvgIpc) is 2.74. The minimum absolute atomic E-state index is 0.996. The molecule has 0 aromatic heterocycles. The van der Waals surface area contributed by atoms with Gasteiger partial charge in [0, 0.05) is 0 Å². The van der Waals surface area contributed by atoms with Crippen molar-refractivity contribution in [3.05, 3.63) is 102 Å². The molecule has 0 saturated carbocycles. The summed E-state index contributed by atoms with van der Waals surface area (Å²) in [5.74, 6) is 0. The lowest BCUT2D eigenvalue weighted by Gasteiger charge is -2.08. The molecule has 0 unspecified atom stereocenters. The first-order valence-corrected chi connectivity index (χ1v) is 9.88. The maximum absolute atomic E-state index is 4.21. The zero-order valence-electron chi connectivity index (χ0n) is 18.3. The molecule has 2 aromatic carbocycles. The van der Waals surface area contributed by atoms with Crippen LogP contribution in [0.4, 0.5) is 0 Å². The van der Waals surface area contributed by atoms with Crippen molar-refractivity contribution < 1.29 is 0 Å².